The number of benzene rings is 1. The monoisotopic (exact) mass is 334 g/mol. The Hall–Kier alpha value is -2.28. The second kappa shape index (κ2) is 7.32. The smallest absolute Gasteiger partial charge is 0.294 e. The molecular weight excluding hydrogens is 316 g/mol. The van der Waals surface area contributed by atoms with Crippen LogP contribution in [-0.2, 0) is 9.59 Å². The van der Waals surface area contributed by atoms with Crippen molar-refractivity contribution >= 4 is 34.9 Å². The van der Waals surface area contributed by atoms with Gasteiger partial charge in [0.1, 0.15) is 12.3 Å². The lowest BCUT2D eigenvalue weighted by Crippen LogP contribution is -2.36. The van der Waals surface area contributed by atoms with E-state index in [1.807, 2.05) is 12.1 Å². The number of nitrogens with two attached hydrogens (primary N) is 1. The largest absolute Gasteiger partial charge is 0.493 e. The Morgan fingerprint density at radius 3 is 2.52 bits per heavy atom. The van der Waals surface area contributed by atoms with Crippen LogP contribution in [0.25, 0.3) is 6.08 Å². The van der Waals surface area contributed by atoms with Crippen LogP contribution >= 0.6 is 11.8 Å². The van der Waals surface area contributed by atoms with Crippen LogP contribution < -0.4 is 10.5 Å². The maximum Gasteiger partial charge on any atom is 0.294 e. The summed E-state index contributed by atoms with van der Waals surface area (Å²) >= 11 is 0.796. The summed E-state index contributed by atoms with van der Waals surface area (Å²) in [5.74, 6) is -0.0385. The van der Waals surface area contributed by atoms with E-state index < -0.39 is 23.6 Å². The SMILES string of the molecule is CC(C)COc1ccc(/C=C2\SC(=O)N(CC(N)=O)C2=O)cc1. The molecule has 0 unspecified atom stereocenters. The highest BCUT2D eigenvalue weighted by Gasteiger charge is 2.35. The second-order valence-electron chi connectivity index (χ2n) is 5.51. The first-order chi connectivity index (χ1) is 10.9. The van der Waals surface area contributed by atoms with E-state index in [0.717, 1.165) is 28.0 Å². The molecule has 1 aromatic carbocycles. The van der Waals surface area contributed by atoms with E-state index in [-0.39, 0.29) is 4.91 Å². The van der Waals surface area contributed by atoms with Gasteiger partial charge in [0.25, 0.3) is 11.1 Å². The van der Waals surface area contributed by atoms with E-state index >= 15 is 0 Å². The molecule has 3 amide bonds. The molecule has 1 fully saturated rings. The number of thioether (sulfide) groups is 1. The summed E-state index contributed by atoms with van der Waals surface area (Å²) in [5.41, 5.74) is 5.80. The fourth-order valence-electron chi connectivity index (χ4n) is 1.87. The van der Waals surface area contributed by atoms with E-state index in [2.05, 4.69) is 13.8 Å². The molecule has 6 nitrogen and oxygen atoms in total. The summed E-state index contributed by atoms with van der Waals surface area (Å²) in [7, 11) is 0. The molecule has 2 N–H and O–H groups in total. The van der Waals surface area contributed by atoms with Crippen molar-refractivity contribution in [1.29, 1.82) is 0 Å². The molecule has 0 spiro atoms. The van der Waals surface area contributed by atoms with E-state index in [1.54, 1.807) is 18.2 Å². The molecule has 0 bridgehead atoms. The number of carbonyl (C=O) groups is 3. The van der Waals surface area contributed by atoms with Crippen LogP contribution in [0.3, 0.4) is 0 Å². The molecule has 0 aliphatic carbocycles. The van der Waals surface area contributed by atoms with Gasteiger partial charge in [-0.25, -0.2) is 0 Å². The lowest BCUT2D eigenvalue weighted by atomic mass is 10.2. The molecule has 0 atom stereocenters. The molecule has 0 aromatic heterocycles. The summed E-state index contributed by atoms with van der Waals surface area (Å²) in [5, 5.41) is -0.489. The van der Waals surface area contributed by atoms with Crippen LogP contribution in [0.15, 0.2) is 29.2 Å². The molecular formula is C16H18N2O4S. The Kier molecular flexibility index (Phi) is 5.44. The van der Waals surface area contributed by atoms with E-state index in [9.17, 15) is 14.4 Å². The highest BCUT2D eigenvalue weighted by Crippen LogP contribution is 2.32. The Morgan fingerprint density at radius 2 is 1.96 bits per heavy atom. The average molecular weight is 334 g/mol. The van der Waals surface area contributed by atoms with Gasteiger partial charge < -0.3 is 10.5 Å². The molecule has 0 saturated carbocycles. The maximum absolute atomic E-state index is 12.1. The van der Waals surface area contributed by atoms with Gasteiger partial charge in [-0.1, -0.05) is 26.0 Å². The van der Waals surface area contributed by atoms with Crippen LogP contribution in [-0.4, -0.2) is 35.1 Å². The first-order valence-corrected chi connectivity index (χ1v) is 7.95. The van der Waals surface area contributed by atoms with Crippen LogP contribution in [0.4, 0.5) is 4.79 Å². The molecule has 1 aliphatic rings. The standard InChI is InChI=1S/C16H18N2O4S/c1-10(2)9-22-12-5-3-11(4-6-12)7-13-15(20)18(8-14(17)19)16(21)23-13/h3-7,10H,8-9H2,1-2H3,(H2,17,19)/b13-7-. The third-order valence-corrected chi connectivity index (χ3v) is 3.86. The Morgan fingerprint density at radius 1 is 1.30 bits per heavy atom. The fraction of sp³-hybridized carbons (Fsp3) is 0.312. The van der Waals surface area contributed by atoms with Crippen LogP contribution in [0.2, 0.25) is 0 Å². The van der Waals surface area contributed by atoms with Crippen molar-refractivity contribution < 1.29 is 19.1 Å². The van der Waals surface area contributed by atoms with Gasteiger partial charge in [-0.2, -0.15) is 0 Å². The number of rotatable bonds is 6. The van der Waals surface area contributed by atoms with Crippen LogP contribution in [0.5, 0.6) is 5.75 Å². The normalized spacial score (nSPS) is 16.5. The zero-order valence-corrected chi connectivity index (χ0v) is 13.8. The minimum Gasteiger partial charge on any atom is -0.493 e. The number of hydrogen-bond donors (Lipinski definition) is 1. The zero-order chi connectivity index (χ0) is 17.0. The Bertz CT molecular complexity index is 653. The Balaban J connectivity index is 2.08. The van der Waals surface area contributed by atoms with E-state index in [4.69, 9.17) is 10.5 Å². The van der Waals surface area contributed by atoms with Crippen molar-refractivity contribution in [2.24, 2.45) is 11.7 Å². The summed E-state index contributed by atoms with van der Waals surface area (Å²) in [4.78, 5) is 35.8. The number of amides is 3. The molecule has 0 radical (unpaired) electrons. The first kappa shape index (κ1) is 17.1. The zero-order valence-electron chi connectivity index (χ0n) is 12.9. The number of imide groups is 1. The van der Waals surface area contributed by atoms with Crippen LogP contribution in [0.1, 0.15) is 19.4 Å². The Labute approximate surface area is 138 Å². The van der Waals surface area contributed by atoms with E-state index in [1.165, 1.54) is 0 Å². The summed E-state index contributed by atoms with van der Waals surface area (Å²) in [6.07, 6.45) is 1.61. The number of carbonyl (C=O) groups excluding carboxylic acids is 3. The van der Waals surface area contributed by atoms with Crippen molar-refractivity contribution in [2.75, 3.05) is 13.2 Å². The molecule has 122 valence electrons. The minimum atomic E-state index is -0.722. The van der Waals surface area contributed by atoms with Gasteiger partial charge >= 0.3 is 0 Å². The summed E-state index contributed by atoms with van der Waals surface area (Å²) in [6, 6.07) is 7.22. The van der Waals surface area contributed by atoms with Gasteiger partial charge in [0.2, 0.25) is 5.91 Å². The molecule has 1 aromatic rings. The summed E-state index contributed by atoms with van der Waals surface area (Å²) in [6.45, 7) is 4.36. The van der Waals surface area contributed by atoms with Crippen molar-refractivity contribution in [3.05, 3.63) is 34.7 Å². The predicted octanol–water partition coefficient (Wildman–Crippen LogP) is 2.24. The fourth-order valence-corrected chi connectivity index (χ4v) is 2.70. The molecule has 2 rings (SSSR count). The minimum absolute atomic E-state index is 0.270. The summed E-state index contributed by atoms with van der Waals surface area (Å²) < 4.78 is 5.58. The van der Waals surface area contributed by atoms with Crippen molar-refractivity contribution in [3.8, 4) is 5.75 Å². The van der Waals surface area contributed by atoms with Gasteiger partial charge in [-0.15, -0.1) is 0 Å². The molecule has 1 heterocycles. The predicted molar refractivity (Wildman–Crippen MR) is 88.6 cm³/mol. The lowest BCUT2D eigenvalue weighted by Gasteiger charge is -2.09. The van der Waals surface area contributed by atoms with Gasteiger partial charge in [0.15, 0.2) is 0 Å². The highest BCUT2D eigenvalue weighted by atomic mass is 32.2. The van der Waals surface area contributed by atoms with Crippen molar-refractivity contribution in [1.82, 2.24) is 4.90 Å². The lowest BCUT2D eigenvalue weighted by molar-refractivity contribution is -0.127. The number of nitrogens with zero attached hydrogens (tertiary/aromatic N) is 1. The van der Waals surface area contributed by atoms with Gasteiger partial charge in [0, 0.05) is 0 Å². The molecule has 23 heavy (non-hydrogen) atoms. The van der Waals surface area contributed by atoms with Crippen molar-refractivity contribution in [2.45, 2.75) is 13.8 Å². The molecule has 1 aliphatic heterocycles. The second-order valence-corrected chi connectivity index (χ2v) is 6.50. The highest BCUT2D eigenvalue weighted by molar-refractivity contribution is 8.18. The third-order valence-electron chi connectivity index (χ3n) is 2.95. The molecule has 7 heteroatoms. The third kappa shape index (κ3) is 4.59. The molecule has 1 saturated heterocycles. The average Bonchev–Trinajstić information content (AvgIpc) is 2.74. The van der Waals surface area contributed by atoms with Gasteiger partial charge in [-0.05, 0) is 41.5 Å². The van der Waals surface area contributed by atoms with Gasteiger partial charge in [-0.3, -0.25) is 19.3 Å². The first-order valence-electron chi connectivity index (χ1n) is 7.13. The van der Waals surface area contributed by atoms with E-state index in [0.29, 0.717) is 12.5 Å². The number of primary amides is 1. The van der Waals surface area contributed by atoms with Gasteiger partial charge in [0.05, 0.1) is 11.5 Å². The van der Waals surface area contributed by atoms with Crippen molar-refractivity contribution in [3.63, 3.8) is 0 Å². The topological polar surface area (TPSA) is 89.7 Å². The van der Waals surface area contributed by atoms with Crippen LogP contribution in [0, 0.1) is 5.92 Å². The number of ether oxygens (including phenoxy) is 1. The number of hydrogen-bond acceptors (Lipinski definition) is 5. The maximum atomic E-state index is 12.1. The quantitative estimate of drug-likeness (QED) is 0.806.